The molecule has 0 aliphatic carbocycles. The van der Waals surface area contributed by atoms with Crippen LogP contribution in [-0.2, 0) is 44.7 Å². The van der Waals surface area contributed by atoms with Crippen LogP contribution < -0.4 is 0 Å². The van der Waals surface area contributed by atoms with Crippen molar-refractivity contribution in [3.8, 4) is 0 Å². The van der Waals surface area contributed by atoms with Crippen molar-refractivity contribution in [3.63, 3.8) is 0 Å². The maximum atomic E-state index is 12.9. The summed E-state index contributed by atoms with van der Waals surface area (Å²) < 4.78 is 10.7. The van der Waals surface area contributed by atoms with E-state index in [1.807, 2.05) is 26.0 Å². The van der Waals surface area contributed by atoms with E-state index in [4.69, 9.17) is 19.4 Å². The molecule has 0 fully saturated rings. The minimum Gasteiger partial charge on any atom is -0.463 e. The van der Waals surface area contributed by atoms with Crippen LogP contribution in [0.15, 0.2) is 24.3 Å². The molecule has 0 saturated carbocycles. The number of carbonyl (C=O) groups excluding carboxylic acids is 2. The largest absolute Gasteiger partial charge is 0.463 e. The molecule has 8 nitrogen and oxygen atoms in total. The average molecular weight is 731 g/mol. The van der Waals surface area contributed by atoms with E-state index < -0.39 is 11.9 Å². The number of aromatic amines is 2. The first kappa shape index (κ1) is 40.2. The second-order valence-electron chi connectivity index (χ2n) is 13.5. The number of nitrogens with zero attached hydrogens (tertiary/aromatic N) is 2. The maximum Gasteiger partial charge on any atom is 0.330 e. The van der Waals surface area contributed by atoms with Crippen LogP contribution in [-0.4, -0.2) is 45.1 Å². The lowest BCUT2D eigenvalue weighted by atomic mass is 9.92. The third-order valence-corrected chi connectivity index (χ3v) is 10.7. The summed E-state index contributed by atoms with van der Waals surface area (Å²) in [7, 11) is 0. The molecule has 3 aromatic rings. The fourth-order valence-electron chi connectivity index (χ4n) is 8.35. The van der Waals surface area contributed by atoms with Gasteiger partial charge in [-0.1, -0.05) is 55.4 Å². The summed E-state index contributed by atoms with van der Waals surface area (Å²) in [5.74, 6) is -0.819. The minimum atomic E-state index is -0.414. The van der Waals surface area contributed by atoms with Crippen LogP contribution >= 0.6 is 0 Å². The molecule has 2 N–H and O–H groups in total. The summed E-state index contributed by atoms with van der Waals surface area (Å²) in [6, 6.07) is 4.49. The number of fused-ring (bicyclic) bond motifs is 8. The van der Waals surface area contributed by atoms with Crippen molar-refractivity contribution in [1.29, 1.82) is 0 Å². The molecule has 286 valence electrons. The summed E-state index contributed by atoms with van der Waals surface area (Å²) in [6.07, 6.45) is 13.1. The topological polar surface area (TPSA) is 110 Å². The lowest BCUT2D eigenvalue weighted by Crippen LogP contribution is -2.00. The van der Waals surface area contributed by atoms with Gasteiger partial charge in [0, 0.05) is 39.8 Å². The Morgan fingerprint density at radius 3 is 1.44 bits per heavy atom. The molecular weight excluding hydrogens is 673 g/mol. The monoisotopic (exact) mass is 730 g/mol. The van der Waals surface area contributed by atoms with E-state index in [9.17, 15) is 9.59 Å². The van der Waals surface area contributed by atoms with Crippen LogP contribution in [0.25, 0.3) is 56.5 Å². The Bertz CT molecular complexity index is 2220. The molecule has 2 aliphatic heterocycles. The van der Waals surface area contributed by atoms with E-state index in [1.54, 1.807) is 0 Å². The van der Waals surface area contributed by atoms with E-state index in [0.29, 0.717) is 6.42 Å². The highest BCUT2D eigenvalue weighted by atomic mass is 16.5. The van der Waals surface area contributed by atoms with Crippen molar-refractivity contribution in [2.24, 2.45) is 0 Å². The number of carbonyl (C=O) groups is 2. The maximum absolute atomic E-state index is 12.9. The first-order chi connectivity index (χ1) is 26.2. The van der Waals surface area contributed by atoms with Crippen molar-refractivity contribution in [3.05, 3.63) is 80.4 Å². The molecule has 0 saturated heterocycles. The predicted molar refractivity (Wildman–Crippen MR) is 225 cm³/mol. The van der Waals surface area contributed by atoms with E-state index >= 15 is 0 Å². The van der Waals surface area contributed by atoms with Crippen LogP contribution in [0.4, 0.5) is 0 Å². The predicted octanol–water partition coefficient (Wildman–Crippen LogP) is 11.2. The SMILES string of the molecule is CCOC(=O)/C=C/c1c2nc(cc3[nH]c(cc4[nH]c(c(/C=C/C(=O)OCC)c5nc1C(CC)=C5CC)c(CC)c4CC)c(CC)c3CC)C(CC)=C2CC. The van der Waals surface area contributed by atoms with Crippen molar-refractivity contribution in [1.82, 2.24) is 19.9 Å². The number of aromatic nitrogens is 4. The van der Waals surface area contributed by atoms with Crippen LogP contribution in [0, 0.1) is 0 Å². The number of ether oxygens (including phenoxy) is 2. The smallest absolute Gasteiger partial charge is 0.330 e. The summed E-state index contributed by atoms with van der Waals surface area (Å²) in [5, 5.41) is 0. The number of nitrogens with one attached hydrogen (secondary N) is 2. The molecule has 0 amide bonds. The zero-order valence-corrected chi connectivity index (χ0v) is 34.1. The number of hydrogen-bond acceptors (Lipinski definition) is 6. The van der Waals surface area contributed by atoms with E-state index in [-0.39, 0.29) is 13.2 Å². The van der Waals surface area contributed by atoms with Gasteiger partial charge < -0.3 is 19.4 Å². The quantitative estimate of drug-likeness (QED) is 0.126. The van der Waals surface area contributed by atoms with E-state index in [1.165, 1.54) is 40.0 Å². The number of aryl methyl sites for hydroxylation is 4. The molecule has 0 unspecified atom stereocenters. The number of esters is 2. The van der Waals surface area contributed by atoms with Crippen LogP contribution in [0.1, 0.15) is 151 Å². The lowest BCUT2D eigenvalue weighted by molar-refractivity contribution is -0.138. The summed E-state index contributed by atoms with van der Waals surface area (Å²) in [4.78, 5) is 44.5. The highest BCUT2D eigenvalue weighted by Gasteiger charge is 2.28. The first-order valence-electron chi connectivity index (χ1n) is 20.2. The molecule has 0 spiro atoms. The summed E-state index contributed by atoms with van der Waals surface area (Å²) in [6.45, 7) is 21.7. The average Bonchev–Trinajstić information content (AvgIpc) is 3.91. The molecular formula is C46H58N4O4. The highest BCUT2D eigenvalue weighted by Crippen LogP contribution is 2.43. The molecule has 8 bridgehead atoms. The summed E-state index contributed by atoms with van der Waals surface area (Å²) >= 11 is 0. The van der Waals surface area contributed by atoms with Gasteiger partial charge in [-0.25, -0.2) is 19.6 Å². The van der Waals surface area contributed by atoms with Crippen molar-refractivity contribution >= 4 is 68.4 Å². The highest BCUT2D eigenvalue weighted by molar-refractivity contribution is 6.03. The standard InChI is InChI=1S/C46H58N4O4/c1-11-27-28(12-2)38-26-40-30(14-4)32(16-6)44(49-40)36(22-24-42(52)54-20-10)46-34(18-8)33(17-7)45(50-46)35(21-23-41(51)53-19-9)43-31(15-5)29(13-3)39(48-43)25-37(27)47-38/h21-26,47-48H,11-20H2,1-10H3/b23-21+,24-22+,37-25?,38-26?,39-25?,40-26?,43-35?,44-36?,45-35?,46-36?. The second-order valence-corrected chi connectivity index (χ2v) is 13.5. The zero-order valence-electron chi connectivity index (χ0n) is 34.1. The number of H-pyrrole nitrogens is 2. The number of allylic oxidation sites excluding steroid dienone is 4. The van der Waals surface area contributed by atoms with Gasteiger partial charge in [-0.15, -0.1) is 0 Å². The number of rotatable bonds is 14. The molecule has 5 heterocycles. The molecule has 5 rings (SSSR count). The number of hydrogen-bond donors (Lipinski definition) is 2. The Hall–Kier alpha value is -4.98. The van der Waals surface area contributed by atoms with Gasteiger partial charge in [0.05, 0.1) is 41.5 Å². The van der Waals surface area contributed by atoms with Crippen molar-refractivity contribution in [2.45, 2.75) is 121 Å². The van der Waals surface area contributed by atoms with Gasteiger partial charge in [-0.2, -0.15) is 0 Å². The Kier molecular flexibility index (Phi) is 13.3. The normalized spacial score (nSPS) is 13.2. The molecule has 8 heteroatoms. The molecule has 54 heavy (non-hydrogen) atoms. The van der Waals surface area contributed by atoms with Gasteiger partial charge in [-0.05, 0) is 134 Å². The van der Waals surface area contributed by atoms with Crippen LogP contribution in [0.3, 0.4) is 0 Å². The Labute approximate surface area is 320 Å². The van der Waals surface area contributed by atoms with Gasteiger partial charge in [0.1, 0.15) is 0 Å². The molecule has 0 radical (unpaired) electrons. The lowest BCUT2D eigenvalue weighted by Gasteiger charge is -2.10. The van der Waals surface area contributed by atoms with Gasteiger partial charge >= 0.3 is 11.9 Å². The molecule has 0 aromatic carbocycles. The molecule has 3 aromatic heterocycles. The summed E-state index contributed by atoms with van der Waals surface area (Å²) in [5.41, 5.74) is 18.7. The molecule has 0 atom stereocenters. The van der Waals surface area contributed by atoms with Gasteiger partial charge in [0.15, 0.2) is 0 Å². The van der Waals surface area contributed by atoms with Gasteiger partial charge in [-0.3, -0.25) is 0 Å². The fraction of sp³-hybridized carbons (Fsp3) is 0.435. The minimum absolute atomic E-state index is 0.281. The Morgan fingerprint density at radius 2 is 0.944 bits per heavy atom. The Morgan fingerprint density at radius 1 is 0.519 bits per heavy atom. The van der Waals surface area contributed by atoms with Crippen molar-refractivity contribution < 1.29 is 19.1 Å². The third-order valence-electron chi connectivity index (χ3n) is 10.7. The first-order valence-corrected chi connectivity index (χ1v) is 20.2. The van der Waals surface area contributed by atoms with Crippen LogP contribution in [0.2, 0.25) is 0 Å². The van der Waals surface area contributed by atoms with E-state index in [2.05, 4.69) is 77.5 Å². The van der Waals surface area contributed by atoms with Crippen molar-refractivity contribution in [2.75, 3.05) is 13.2 Å². The van der Waals surface area contributed by atoms with Gasteiger partial charge in [0.25, 0.3) is 0 Å². The third kappa shape index (κ3) is 7.53. The van der Waals surface area contributed by atoms with Crippen LogP contribution in [0.5, 0.6) is 0 Å². The van der Waals surface area contributed by atoms with E-state index in [0.717, 1.165) is 118 Å². The molecule has 2 aliphatic rings. The second kappa shape index (κ2) is 17.9. The Balaban J connectivity index is 2.17. The van der Waals surface area contributed by atoms with Gasteiger partial charge in [0.2, 0.25) is 0 Å². The fourth-order valence-corrected chi connectivity index (χ4v) is 8.35. The zero-order chi connectivity index (χ0) is 39.1.